The number of morpholine rings is 1. The predicted octanol–water partition coefficient (Wildman–Crippen LogP) is 1.69. The Morgan fingerprint density at radius 1 is 1.33 bits per heavy atom. The van der Waals surface area contributed by atoms with Crippen molar-refractivity contribution >= 4 is 12.2 Å². The molecule has 132 valence electrons. The Morgan fingerprint density at radius 2 is 2.12 bits per heavy atom. The third kappa shape index (κ3) is 6.17. The average Bonchev–Trinajstić information content (AvgIpc) is 2.60. The maximum Gasteiger partial charge on any atom is 0.331 e. The van der Waals surface area contributed by atoms with Crippen LogP contribution in [0.3, 0.4) is 0 Å². The second-order valence-electron chi connectivity index (χ2n) is 5.38. The van der Waals surface area contributed by atoms with Gasteiger partial charge in [0.15, 0.2) is 11.5 Å². The lowest BCUT2D eigenvalue weighted by atomic mass is 10.2. The number of oxime groups is 1. The normalized spacial score (nSPS) is 15.4. The molecule has 0 N–H and O–H groups in total. The molecule has 7 nitrogen and oxygen atoms in total. The first-order valence-corrected chi connectivity index (χ1v) is 8.01. The molecule has 1 aromatic rings. The molecule has 0 amide bonds. The van der Waals surface area contributed by atoms with Gasteiger partial charge in [-0.2, -0.15) is 0 Å². The van der Waals surface area contributed by atoms with Gasteiger partial charge in [-0.3, -0.25) is 4.90 Å². The minimum atomic E-state index is -0.460. The van der Waals surface area contributed by atoms with Crippen LogP contribution in [0.5, 0.6) is 11.5 Å². The van der Waals surface area contributed by atoms with E-state index in [1.807, 2.05) is 12.1 Å². The smallest absolute Gasteiger partial charge is 0.331 e. The molecule has 1 heterocycles. The zero-order chi connectivity index (χ0) is 17.2. The fourth-order valence-electron chi connectivity index (χ4n) is 2.34. The summed E-state index contributed by atoms with van der Waals surface area (Å²) in [7, 11) is 1.59. The van der Waals surface area contributed by atoms with E-state index in [9.17, 15) is 4.79 Å². The van der Waals surface area contributed by atoms with Gasteiger partial charge in [0.1, 0.15) is 0 Å². The van der Waals surface area contributed by atoms with E-state index >= 15 is 0 Å². The highest BCUT2D eigenvalue weighted by Gasteiger charge is 2.10. The van der Waals surface area contributed by atoms with Crippen molar-refractivity contribution in [1.82, 2.24) is 4.90 Å². The first-order chi connectivity index (χ1) is 11.7. The van der Waals surface area contributed by atoms with E-state index in [2.05, 4.69) is 14.9 Å². The van der Waals surface area contributed by atoms with Gasteiger partial charge < -0.3 is 19.0 Å². The molecule has 1 saturated heterocycles. The maximum atomic E-state index is 10.7. The van der Waals surface area contributed by atoms with Gasteiger partial charge in [-0.1, -0.05) is 5.16 Å². The number of hydrogen-bond acceptors (Lipinski definition) is 7. The van der Waals surface area contributed by atoms with Crippen LogP contribution in [0.25, 0.3) is 0 Å². The van der Waals surface area contributed by atoms with Gasteiger partial charge in [0.05, 0.1) is 33.1 Å². The first kappa shape index (κ1) is 18.2. The lowest BCUT2D eigenvalue weighted by Gasteiger charge is -2.26. The van der Waals surface area contributed by atoms with Gasteiger partial charge in [-0.25, -0.2) is 4.79 Å². The van der Waals surface area contributed by atoms with Crippen molar-refractivity contribution in [1.29, 1.82) is 0 Å². The number of ether oxygens (including phenoxy) is 3. The lowest BCUT2D eigenvalue weighted by Crippen LogP contribution is -2.37. The number of nitrogens with zero attached hydrogens (tertiary/aromatic N) is 2. The summed E-state index contributed by atoms with van der Waals surface area (Å²) in [5, 5.41) is 3.59. The van der Waals surface area contributed by atoms with Crippen LogP contribution >= 0.6 is 0 Å². The summed E-state index contributed by atoms with van der Waals surface area (Å²) in [5.74, 6) is 0.843. The average molecular weight is 336 g/mol. The van der Waals surface area contributed by atoms with E-state index in [1.54, 1.807) is 13.2 Å². The number of methoxy groups -OCH3 is 1. The highest BCUT2D eigenvalue weighted by Crippen LogP contribution is 2.27. The van der Waals surface area contributed by atoms with Gasteiger partial charge in [-0.15, -0.1) is 0 Å². The quantitative estimate of drug-likeness (QED) is 0.311. The highest BCUT2D eigenvalue weighted by atomic mass is 16.7. The van der Waals surface area contributed by atoms with Crippen LogP contribution in [-0.2, 0) is 14.4 Å². The molecular weight excluding hydrogens is 312 g/mol. The predicted molar refractivity (Wildman–Crippen MR) is 89.7 cm³/mol. The van der Waals surface area contributed by atoms with Gasteiger partial charge in [0.2, 0.25) is 0 Å². The van der Waals surface area contributed by atoms with Crippen LogP contribution < -0.4 is 9.47 Å². The third-order valence-electron chi connectivity index (χ3n) is 3.55. The Labute approximate surface area is 142 Å². The standard InChI is InChI=1S/C17H24N2O5/c1-14(20)24-18-13-15-4-5-16(17(12-15)21-2)23-9-3-6-19-7-10-22-11-8-19/h4-5,12-13H,3,6-11H2,1-2H3. The Kier molecular flexibility index (Phi) is 7.51. The number of carbonyl (C=O) groups excluding carboxylic acids is 1. The van der Waals surface area contributed by atoms with Crippen molar-refractivity contribution in [3.63, 3.8) is 0 Å². The SMILES string of the molecule is COc1cc(C=NOC(C)=O)ccc1OCCCN1CCOCC1. The summed E-state index contributed by atoms with van der Waals surface area (Å²) in [6, 6.07) is 5.43. The topological polar surface area (TPSA) is 69.6 Å². The lowest BCUT2D eigenvalue weighted by molar-refractivity contribution is -0.140. The van der Waals surface area contributed by atoms with Crippen molar-refractivity contribution in [3.05, 3.63) is 23.8 Å². The van der Waals surface area contributed by atoms with Crippen LogP contribution in [-0.4, -0.2) is 63.6 Å². The zero-order valence-electron chi connectivity index (χ0n) is 14.2. The molecule has 0 aliphatic carbocycles. The molecule has 1 aliphatic rings. The third-order valence-corrected chi connectivity index (χ3v) is 3.55. The number of carbonyl (C=O) groups is 1. The zero-order valence-corrected chi connectivity index (χ0v) is 14.2. The molecule has 1 aliphatic heterocycles. The maximum absolute atomic E-state index is 10.7. The van der Waals surface area contributed by atoms with Crippen LogP contribution in [0.2, 0.25) is 0 Å². The minimum absolute atomic E-state index is 0.460. The fourth-order valence-corrected chi connectivity index (χ4v) is 2.34. The molecule has 0 radical (unpaired) electrons. The second kappa shape index (κ2) is 9.89. The van der Waals surface area contributed by atoms with E-state index in [4.69, 9.17) is 14.2 Å². The minimum Gasteiger partial charge on any atom is -0.493 e. The molecule has 1 aromatic carbocycles. The first-order valence-electron chi connectivity index (χ1n) is 8.01. The summed E-state index contributed by atoms with van der Waals surface area (Å²) in [6.07, 6.45) is 2.39. The Balaban J connectivity index is 1.81. The Hall–Kier alpha value is -2.12. The molecule has 0 atom stereocenters. The monoisotopic (exact) mass is 336 g/mol. The Bertz CT molecular complexity index is 556. The van der Waals surface area contributed by atoms with Crippen molar-refractivity contribution in [2.45, 2.75) is 13.3 Å². The Morgan fingerprint density at radius 3 is 2.83 bits per heavy atom. The second-order valence-corrected chi connectivity index (χ2v) is 5.38. The molecule has 0 saturated carbocycles. The van der Waals surface area contributed by atoms with Crippen LogP contribution in [0.1, 0.15) is 18.9 Å². The molecule has 2 rings (SSSR count). The van der Waals surface area contributed by atoms with E-state index in [1.165, 1.54) is 13.1 Å². The van der Waals surface area contributed by atoms with Crippen LogP contribution in [0.15, 0.2) is 23.4 Å². The van der Waals surface area contributed by atoms with Crippen molar-refractivity contribution in [3.8, 4) is 11.5 Å². The molecule has 24 heavy (non-hydrogen) atoms. The summed E-state index contributed by atoms with van der Waals surface area (Å²) in [5.41, 5.74) is 0.758. The largest absolute Gasteiger partial charge is 0.493 e. The van der Waals surface area contributed by atoms with Gasteiger partial charge >= 0.3 is 5.97 Å². The van der Waals surface area contributed by atoms with Gasteiger partial charge in [-0.05, 0) is 24.6 Å². The molecule has 1 fully saturated rings. The van der Waals surface area contributed by atoms with Crippen molar-refractivity contribution in [2.75, 3.05) is 46.6 Å². The van der Waals surface area contributed by atoms with E-state index in [-0.39, 0.29) is 0 Å². The van der Waals surface area contributed by atoms with E-state index in [0.29, 0.717) is 18.1 Å². The molecule has 0 spiro atoms. The van der Waals surface area contributed by atoms with Crippen molar-refractivity contribution < 1.29 is 23.8 Å². The number of rotatable bonds is 8. The summed E-state index contributed by atoms with van der Waals surface area (Å²) < 4.78 is 16.5. The number of hydrogen-bond donors (Lipinski definition) is 0. The van der Waals surface area contributed by atoms with Gasteiger partial charge in [0, 0.05) is 32.1 Å². The van der Waals surface area contributed by atoms with E-state index in [0.717, 1.165) is 44.8 Å². The van der Waals surface area contributed by atoms with Crippen molar-refractivity contribution in [2.24, 2.45) is 5.16 Å². The van der Waals surface area contributed by atoms with E-state index < -0.39 is 5.97 Å². The fraction of sp³-hybridized carbons (Fsp3) is 0.529. The summed E-state index contributed by atoms with van der Waals surface area (Å²) in [6.45, 7) is 6.51. The molecule has 7 heteroatoms. The highest BCUT2D eigenvalue weighted by molar-refractivity contribution is 5.81. The summed E-state index contributed by atoms with van der Waals surface area (Å²) >= 11 is 0. The molecule has 0 bridgehead atoms. The van der Waals surface area contributed by atoms with Gasteiger partial charge in [0.25, 0.3) is 0 Å². The van der Waals surface area contributed by atoms with Crippen LogP contribution in [0.4, 0.5) is 0 Å². The molecule has 0 unspecified atom stereocenters. The van der Waals surface area contributed by atoms with Crippen LogP contribution in [0, 0.1) is 0 Å². The molecule has 0 aromatic heterocycles. The number of benzene rings is 1. The summed E-state index contributed by atoms with van der Waals surface area (Å²) in [4.78, 5) is 17.6. The molecular formula is C17H24N2O5.